The Hall–Kier alpha value is -0.870. The van der Waals surface area contributed by atoms with Crippen LogP contribution in [0, 0.1) is 0 Å². The van der Waals surface area contributed by atoms with Gasteiger partial charge in [-0.3, -0.25) is 0 Å². The van der Waals surface area contributed by atoms with Crippen LogP contribution in [0.5, 0.6) is 0 Å². The summed E-state index contributed by atoms with van der Waals surface area (Å²) in [4.78, 5) is 0. The molecule has 0 saturated heterocycles. The van der Waals surface area contributed by atoms with Gasteiger partial charge in [0.15, 0.2) is 0 Å². The van der Waals surface area contributed by atoms with Crippen molar-refractivity contribution < 1.29 is 8.42 Å². The van der Waals surface area contributed by atoms with Crippen molar-refractivity contribution in [2.45, 2.75) is 31.9 Å². The third-order valence-electron chi connectivity index (χ3n) is 2.54. The smallest absolute Gasteiger partial charge is 0.215 e. The lowest BCUT2D eigenvalue weighted by molar-refractivity contribution is 0.588. The van der Waals surface area contributed by atoms with Crippen LogP contribution in [0.15, 0.2) is 24.3 Å². The van der Waals surface area contributed by atoms with Crippen molar-refractivity contribution in [2.24, 2.45) is 5.14 Å². The zero-order chi connectivity index (χ0) is 11.6. The summed E-state index contributed by atoms with van der Waals surface area (Å²) < 4.78 is 22.4. The van der Waals surface area contributed by atoms with Crippen molar-refractivity contribution >= 4 is 10.0 Å². The van der Waals surface area contributed by atoms with Crippen LogP contribution < -0.4 is 5.14 Å². The highest BCUT2D eigenvalue weighted by Crippen LogP contribution is 2.23. The first-order valence-corrected chi connectivity index (χ1v) is 6.54. The maximum atomic E-state index is 11.2. The molecule has 0 aliphatic carbocycles. The molecule has 1 aromatic carbocycles. The molecule has 0 aromatic heterocycles. The van der Waals surface area contributed by atoms with E-state index in [0.29, 0.717) is 5.92 Å². The van der Waals surface area contributed by atoms with Gasteiger partial charge >= 0.3 is 0 Å². The van der Waals surface area contributed by atoms with E-state index in [1.807, 2.05) is 18.2 Å². The van der Waals surface area contributed by atoms with E-state index in [0.717, 1.165) is 11.1 Å². The van der Waals surface area contributed by atoms with Gasteiger partial charge in [0.2, 0.25) is 10.0 Å². The fraction of sp³-hybridized carbons (Fsp3) is 0.455. The fourth-order valence-electron chi connectivity index (χ4n) is 1.36. The molecule has 0 aliphatic rings. The Morgan fingerprint density at radius 3 is 2.13 bits per heavy atom. The van der Waals surface area contributed by atoms with Crippen molar-refractivity contribution in [2.75, 3.05) is 0 Å². The molecule has 15 heavy (non-hydrogen) atoms. The Morgan fingerprint density at radius 2 is 1.67 bits per heavy atom. The standard InChI is InChI=1S/C11H17NO2S/c1-8(2)10-5-4-6-11(7-10)9(3)15(12,13)14/h4-9H,1-3H3,(H2,12,13,14)/t9-/m0/s1. The van der Waals surface area contributed by atoms with Crippen molar-refractivity contribution in [3.05, 3.63) is 35.4 Å². The average Bonchev–Trinajstić information content (AvgIpc) is 2.15. The lowest BCUT2D eigenvalue weighted by atomic mass is 10.00. The lowest BCUT2D eigenvalue weighted by Crippen LogP contribution is -2.19. The molecule has 0 aliphatic heterocycles. The van der Waals surface area contributed by atoms with Crippen LogP contribution in [0.4, 0.5) is 0 Å². The summed E-state index contributed by atoms with van der Waals surface area (Å²) >= 11 is 0. The van der Waals surface area contributed by atoms with Crippen molar-refractivity contribution in [3.8, 4) is 0 Å². The fourth-order valence-corrected chi connectivity index (χ4v) is 1.89. The van der Waals surface area contributed by atoms with Crippen LogP contribution in [-0.4, -0.2) is 8.42 Å². The van der Waals surface area contributed by atoms with Gasteiger partial charge in [0.05, 0.1) is 5.25 Å². The summed E-state index contributed by atoms with van der Waals surface area (Å²) in [6.45, 7) is 5.75. The minimum Gasteiger partial charge on any atom is -0.228 e. The normalized spacial score (nSPS) is 14.2. The zero-order valence-electron chi connectivity index (χ0n) is 9.27. The van der Waals surface area contributed by atoms with E-state index in [1.165, 1.54) is 0 Å². The molecule has 4 heteroatoms. The van der Waals surface area contributed by atoms with E-state index >= 15 is 0 Å². The molecule has 0 heterocycles. The number of primary sulfonamides is 1. The van der Waals surface area contributed by atoms with Crippen LogP contribution in [0.25, 0.3) is 0 Å². The largest absolute Gasteiger partial charge is 0.228 e. The van der Waals surface area contributed by atoms with E-state index in [-0.39, 0.29) is 0 Å². The van der Waals surface area contributed by atoms with Gasteiger partial charge in [-0.15, -0.1) is 0 Å². The van der Waals surface area contributed by atoms with E-state index < -0.39 is 15.3 Å². The van der Waals surface area contributed by atoms with E-state index in [4.69, 9.17) is 5.14 Å². The molecule has 0 unspecified atom stereocenters. The molecule has 1 rings (SSSR count). The van der Waals surface area contributed by atoms with Crippen LogP contribution in [-0.2, 0) is 10.0 Å². The molecular formula is C11H17NO2S. The minimum atomic E-state index is -3.50. The highest BCUT2D eigenvalue weighted by molar-refractivity contribution is 7.89. The van der Waals surface area contributed by atoms with Gasteiger partial charge in [-0.1, -0.05) is 38.1 Å². The molecule has 0 fully saturated rings. The predicted molar refractivity (Wildman–Crippen MR) is 62.1 cm³/mol. The maximum Gasteiger partial charge on any atom is 0.215 e. The monoisotopic (exact) mass is 227 g/mol. The van der Waals surface area contributed by atoms with E-state index in [9.17, 15) is 8.42 Å². The number of hydrogen-bond acceptors (Lipinski definition) is 2. The van der Waals surface area contributed by atoms with Crippen molar-refractivity contribution in [1.29, 1.82) is 0 Å². The first kappa shape index (κ1) is 12.2. The highest BCUT2D eigenvalue weighted by atomic mass is 32.2. The Balaban J connectivity index is 3.11. The first-order chi connectivity index (χ1) is 6.82. The summed E-state index contributed by atoms with van der Waals surface area (Å²) in [5, 5.41) is 4.47. The highest BCUT2D eigenvalue weighted by Gasteiger charge is 2.18. The Morgan fingerprint density at radius 1 is 1.13 bits per heavy atom. The minimum absolute atomic E-state index is 0.387. The Kier molecular flexibility index (Phi) is 3.52. The number of benzene rings is 1. The van der Waals surface area contributed by atoms with Gasteiger partial charge in [0.1, 0.15) is 0 Å². The van der Waals surface area contributed by atoms with Crippen molar-refractivity contribution in [1.82, 2.24) is 0 Å². The van der Waals surface area contributed by atoms with Gasteiger partial charge in [-0.05, 0) is 24.0 Å². The Bertz CT molecular complexity index is 438. The quantitative estimate of drug-likeness (QED) is 0.860. The van der Waals surface area contributed by atoms with Crippen molar-refractivity contribution in [3.63, 3.8) is 0 Å². The second kappa shape index (κ2) is 4.33. The lowest BCUT2D eigenvalue weighted by Gasteiger charge is -2.12. The molecule has 0 bridgehead atoms. The van der Waals surface area contributed by atoms with Gasteiger partial charge in [0.25, 0.3) is 0 Å². The molecule has 3 nitrogen and oxygen atoms in total. The summed E-state index contributed by atoms with van der Waals surface area (Å²) in [5.74, 6) is 0.387. The summed E-state index contributed by atoms with van der Waals surface area (Å²) in [6.07, 6.45) is 0. The molecule has 84 valence electrons. The molecule has 0 amide bonds. The second-order valence-electron chi connectivity index (χ2n) is 4.06. The number of sulfonamides is 1. The Labute approximate surface area is 91.4 Å². The van der Waals surface area contributed by atoms with Gasteiger partial charge in [-0.2, -0.15) is 0 Å². The van der Waals surface area contributed by atoms with Crippen LogP contribution in [0.1, 0.15) is 43.1 Å². The molecule has 0 spiro atoms. The molecular weight excluding hydrogens is 210 g/mol. The molecule has 0 saturated carbocycles. The van der Waals surface area contributed by atoms with Gasteiger partial charge in [0, 0.05) is 0 Å². The SMILES string of the molecule is CC(C)c1cccc([C@H](C)S(N)(=O)=O)c1. The second-order valence-corrected chi connectivity index (χ2v) is 5.94. The van der Waals surface area contributed by atoms with Crippen LogP contribution in [0.2, 0.25) is 0 Å². The third-order valence-corrected chi connectivity index (χ3v) is 3.80. The van der Waals surface area contributed by atoms with E-state index in [2.05, 4.69) is 13.8 Å². The average molecular weight is 227 g/mol. The summed E-state index contributed by atoms with van der Waals surface area (Å²) in [7, 11) is -3.50. The van der Waals surface area contributed by atoms with Crippen LogP contribution in [0.3, 0.4) is 0 Å². The van der Waals surface area contributed by atoms with E-state index in [1.54, 1.807) is 13.0 Å². The topological polar surface area (TPSA) is 60.2 Å². The number of rotatable bonds is 3. The summed E-state index contributed by atoms with van der Waals surface area (Å²) in [5.41, 5.74) is 1.88. The number of hydrogen-bond donors (Lipinski definition) is 1. The first-order valence-electron chi connectivity index (χ1n) is 4.94. The summed E-state index contributed by atoms with van der Waals surface area (Å²) in [6, 6.07) is 7.55. The molecule has 1 aromatic rings. The maximum absolute atomic E-state index is 11.2. The predicted octanol–water partition coefficient (Wildman–Crippen LogP) is 2.16. The third kappa shape index (κ3) is 3.04. The zero-order valence-corrected chi connectivity index (χ0v) is 10.1. The molecule has 1 atom stereocenters. The van der Waals surface area contributed by atoms with Gasteiger partial charge in [-0.25, -0.2) is 13.6 Å². The van der Waals surface area contributed by atoms with Gasteiger partial charge < -0.3 is 0 Å². The number of nitrogens with two attached hydrogens (primary N) is 1. The molecule has 0 radical (unpaired) electrons. The molecule has 2 N–H and O–H groups in total. The van der Waals surface area contributed by atoms with Crippen LogP contribution >= 0.6 is 0 Å².